The van der Waals surface area contributed by atoms with Gasteiger partial charge in [-0.2, -0.15) is 0 Å². The highest BCUT2D eigenvalue weighted by Crippen LogP contribution is 2.31. The van der Waals surface area contributed by atoms with Crippen LogP contribution in [-0.2, 0) is 0 Å². The fourth-order valence-electron chi connectivity index (χ4n) is 2.57. The van der Waals surface area contributed by atoms with Crippen molar-refractivity contribution in [2.24, 2.45) is 0 Å². The second kappa shape index (κ2) is 5.78. The van der Waals surface area contributed by atoms with Crippen molar-refractivity contribution in [1.82, 2.24) is 5.32 Å². The van der Waals surface area contributed by atoms with E-state index in [-0.39, 0.29) is 11.4 Å². The molecule has 0 aromatic heterocycles. The number of hydrogen-bond acceptors (Lipinski definition) is 3. The summed E-state index contributed by atoms with van der Waals surface area (Å²) in [5, 5.41) is 3.60. The Kier molecular flexibility index (Phi) is 4.30. The third-order valence-electron chi connectivity index (χ3n) is 3.96. The molecule has 0 radical (unpaired) electrons. The van der Waals surface area contributed by atoms with Gasteiger partial charge in [-0.3, -0.25) is 0 Å². The maximum absolute atomic E-state index is 13.3. The molecule has 1 unspecified atom stereocenters. The summed E-state index contributed by atoms with van der Waals surface area (Å²) in [5.41, 5.74) is 1.07. The number of hydrogen-bond donors (Lipinski definition) is 1. The number of nitrogens with one attached hydrogen (secondary N) is 1. The molecule has 1 heterocycles. The highest BCUT2D eigenvalue weighted by atomic mass is 19.1. The minimum atomic E-state index is -0.258. The van der Waals surface area contributed by atoms with E-state index in [1.165, 1.54) is 12.1 Å². The van der Waals surface area contributed by atoms with Gasteiger partial charge in [0, 0.05) is 24.7 Å². The Balaban J connectivity index is 2.29. The maximum atomic E-state index is 13.3. The van der Waals surface area contributed by atoms with Gasteiger partial charge >= 0.3 is 0 Å². The van der Waals surface area contributed by atoms with Crippen LogP contribution < -0.4 is 15.0 Å². The van der Waals surface area contributed by atoms with Crippen LogP contribution in [0.4, 0.5) is 10.1 Å². The Morgan fingerprint density at radius 2 is 2.26 bits per heavy atom. The molecule has 1 aliphatic rings. The van der Waals surface area contributed by atoms with Gasteiger partial charge in [-0.1, -0.05) is 6.92 Å². The second-order valence-electron chi connectivity index (χ2n) is 5.43. The first-order valence-corrected chi connectivity index (χ1v) is 6.91. The number of rotatable bonds is 3. The van der Waals surface area contributed by atoms with Crippen molar-refractivity contribution in [3.8, 4) is 5.75 Å². The average Bonchev–Trinajstić information content (AvgIpc) is 2.61. The first kappa shape index (κ1) is 14.1. The van der Waals surface area contributed by atoms with Gasteiger partial charge < -0.3 is 15.0 Å². The Labute approximate surface area is 114 Å². The van der Waals surface area contributed by atoms with E-state index in [0.717, 1.165) is 38.2 Å². The monoisotopic (exact) mass is 266 g/mol. The van der Waals surface area contributed by atoms with E-state index < -0.39 is 0 Å². The van der Waals surface area contributed by atoms with E-state index in [0.29, 0.717) is 5.75 Å². The molecule has 0 saturated carbocycles. The predicted octanol–water partition coefficient (Wildman–Crippen LogP) is 2.80. The smallest absolute Gasteiger partial charge is 0.145 e. The highest BCUT2D eigenvalue weighted by molar-refractivity contribution is 5.59. The standard InChI is InChI=1S/C15H23FN2O/c1-4-15(2)11-18(9-5-8-17-15)13-7-6-12(16)10-14(13)19-3/h6-7,10,17H,4-5,8-9,11H2,1-3H3. The molecule has 0 bridgehead atoms. The SMILES string of the molecule is CCC1(C)CN(c2ccc(F)cc2OC)CCCN1. The molecule has 1 atom stereocenters. The van der Waals surface area contributed by atoms with E-state index in [9.17, 15) is 4.39 Å². The quantitative estimate of drug-likeness (QED) is 0.910. The molecular formula is C15H23FN2O. The van der Waals surface area contributed by atoms with Crippen LogP contribution in [0.25, 0.3) is 0 Å². The molecule has 0 aliphatic carbocycles. The molecule has 0 amide bonds. The lowest BCUT2D eigenvalue weighted by Crippen LogP contribution is -2.48. The van der Waals surface area contributed by atoms with Crippen LogP contribution in [0.2, 0.25) is 0 Å². The number of ether oxygens (including phenoxy) is 1. The molecule has 1 aliphatic heterocycles. The number of benzene rings is 1. The van der Waals surface area contributed by atoms with Crippen LogP contribution >= 0.6 is 0 Å². The molecule has 1 N–H and O–H groups in total. The fourth-order valence-corrected chi connectivity index (χ4v) is 2.57. The maximum Gasteiger partial charge on any atom is 0.145 e. The molecular weight excluding hydrogens is 243 g/mol. The molecule has 4 heteroatoms. The van der Waals surface area contributed by atoms with Crippen LogP contribution in [0.1, 0.15) is 26.7 Å². The van der Waals surface area contributed by atoms with Crippen molar-refractivity contribution >= 4 is 5.69 Å². The summed E-state index contributed by atoms with van der Waals surface area (Å²) in [4.78, 5) is 2.29. The third-order valence-corrected chi connectivity index (χ3v) is 3.96. The van der Waals surface area contributed by atoms with Gasteiger partial charge in [0.25, 0.3) is 0 Å². The molecule has 1 aromatic rings. The Bertz CT molecular complexity index is 438. The molecule has 1 fully saturated rings. The molecule has 0 spiro atoms. The first-order valence-electron chi connectivity index (χ1n) is 6.91. The summed E-state index contributed by atoms with van der Waals surface area (Å²) in [5.74, 6) is 0.354. The molecule has 2 rings (SSSR count). The fraction of sp³-hybridized carbons (Fsp3) is 0.600. The van der Waals surface area contributed by atoms with Gasteiger partial charge in [0.05, 0.1) is 12.8 Å². The van der Waals surface area contributed by atoms with Crippen molar-refractivity contribution in [1.29, 1.82) is 0 Å². The summed E-state index contributed by atoms with van der Waals surface area (Å²) in [7, 11) is 1.59. The van der Waals surface area contributed by atoms with E-state index in [2.05, 4.69) is 24.1 Å². The highest BCUT2D eigenvalue weighted by Gasteiger charge is 2.28. The lowest BCUT2D eigenvalue weighted by Gasteiger charge is -2.34. The van der Waals surface area contributed by atoms with Crippen LogP contribution in [0.15, 0.2) is 18.2 Å². The summed E-state index contributed by atoms with van der Waals surface area (Å²) in [6.07, 6.45) is 2.14. The zero-order valence-corrected chi connectivity index (χ0v) is 12.0. The Morgan fingerprint density at radius 3 is 2.95 bits per heavy atom. The first-order chi connectivity index (χ1) is 9.08. The second-order valence-corrected chi connectivity index (χ2v) is 5.43. The Morgan fingerprint density at radius 1 is 1.47 bits per heavy atom. The van der Waals surface area contributed by atoms with E-state index in [1.54, 1.807) is 7.11 Å². The van der Waals surface area contributed by atoms with Crippen molar-refractivity contribution in [3.63, 3.8) is 0 Å². The third kappa shape index (κ3) is 3.18. The van der Waals surface area contributed by atoms with Crippen molar-refractivity contribution in [2.75, 3.05) is 31.6 Å². The molecule has 1 aromatic carbocycles. The van der Waals surface area contributed by atoms with Crippen molar-refractivity contribution < 1.29 is 9.13 Å². The summed E-state index contributed by atoms with van der Waals surface area (Å²) in [6, 6.07) is 4.77. The van der Waals surface area contributed by atoms with Gasteiger partial charge in [0.2, 0.25) is 0 Å². The van der Waals surface area contributed by atoms with Crippen molar-refractivity contribution in [3.05, 3.63) is 24.0 Å². The average molecular weight is 266 g/mol. The van der Waals surface area contributed by atoms with Crippen LogP contribution in [-0.4, -0.2) is 32.3 Å². The molecule has 19 heavy (non-hydrogen) atoms. The van der Waals surface area contributed by atoms with Crippen molar-refractivity contribution in [2.45, 2.75) is 32.2 Å². The van der Waals surface area contributed by atoms with Crippen LogP contribution in [0.3, 0.4) is 0 Å². The van der Waals surface area contributed by atoms with E-state index >= 15 is 0 Å². The minimum Gasteiger partial charge on any atom is -0.494 e. The van der Waals surface area contributed by atoms with Crippen LogP contribution in [0.5, 0.6) is 5.75 Å². The van der Waals surface area contributed by atoms with E-state index in [1.807, 2.05) is 6.07 Å². The van der Waals surface area contributed by atoms with Gasteiger partial charge in [0.15, 0.2) is 0 Å². The summed E-state index contributed by atoms with van der Waals surface area (Å²) in [6.45, 7) is 7.32. The zero-order valence-electron chi connectivity index (χ0n) is 12.0. The van der Waals surface area contributed by atoms with Gasteiger partial charge in [-0.15, -0.1) is 0 Å². The number of nitrogens with zero attached hydrogens (tertiary/aromatic N) is 1. The van der Waals surface area contributed by atoms with Crippen LogP contribution in [0, 0.1) is 5.82 Å². The summed E-state index contributed by atoms with van der Waals surface area (Å²) < 4.78 is 18.6. The topological polar surface area (TPSA) is 24.5 Å². The summed E-state index contributed by atoms with van der Waals surface area (Å²) >= 11 is 0. The van der Waals surface area contributed by atoms with Gasteiger partial charge in [0.1, 0.15) is 11.6 Å². The normalized spacial score (nSPS) is 24.1. The predicted molar refractivity (Wildman–Crippen MR) is 76.5 cm³/mol. The number of halogens is 1. The van der Waals surface area contributed by atoms with E-state index in [4.69, 9.17) is 4.74 Å². The molecule has 1 saturated heterocycles. The zero-order chi connectivity index (χ0) is 13.9. The lowest BCUT2D eigenvalue weighted by molar-refractivity contribution is 0.364. The lowest BCUT2D eigenvalue weighted by atomic mass is 9.98. The molecule has 3 nitrogen and oxygen atoms in total. The number of methoxy groups -OCH3 is 1. The number of anilines is 1. The Hall–Kier alpha value is -1.29. The molecule has 106 valence electrons. The largest absolute Gasteiger partial charge is 0.494 e. The van der Waals surface area contributed by atoms with Gasteiger partial charge in [-0.25, -0.2) is 4.39 Å². The minimum absolute atomic E-state index is 0.0932. The van der Waals surface area contributed by atoms with Gasteiger partial charge in [-0.05, 0) is 38.4 Å².